The maximum absolute atomic E-state index is 12.1. The number of carbonyl (C=O) groups excluding carboxylic acids is 2. The maximum Gasteiger partial charge on any atom is 0.225 e. The Morgan fingerprint density at radius 1 is 1.55 bits per heavy atom. The van der Waals surface area contributed by atoms with Crippen molar-refractivity contribution in [3.05, 3.63) is 16.1 Å². The van der Waals surface area contributed by atoms with Crippen molar-refractivity contribution in [2.24, 2.45) is 5.92 Å². The lowest BCUT2D eigenvalue weighted by Crippen LogP contribution is -2.34. The highest BCUT2D eigenvalue weighted by Gasteiger charge is 2.41. The minimum atomic E-state index is -0.166. The summed E-state index contributed by atoms with van der Waals surface area (Å²) in [5.74, 6) is -0.0147. The molecule has 0 radical (unpaired) electrons. The summed E-state index contributed by atoms with van der Waals surface area (Å²) in [7, 11) is 0. The van der Waals surface area contributed by atoms with E-state index in [1.807, 2.05) is 17.2 Å². The first-order valence-corrected chi connectivity index (χ1v) is 7.99. The van der Waals surface area contributed by atoms with Gasteiger partial charge < -0.3 is 10.2 Å². The molecule has 2 fully saturated rings. The van der Waals surface area contributed by atoms with Crippen LogP contribution in [0.15, 0.2) is 5.38 Å². The molecule has 5 nitrogen and oxygen atoms in total. The summed E-state index contributed by atoms with van der Waals surface area (Å²) in [6, 6.07) is 0.415. The minimum Gasteiger partial charge on any atom is -0.355 e. The molecule has 1 atom stereocenters. The fourth-order valence-electron chi connectivity index (χ4n) is 2.60. The number of hydrogen-bond donors (Lipinski definition) is 1. The molecule has 3 rings (SSSR count). The Bertz CT molecular complexity index is 524. The molecule has 1 unspecified atom stereocenters. The number of nitrogens with zero attached hydrogens (tertiary/aromatic N) is 2. The smallest absolute Gasteiger partial charge is 0.225 e. The van der Waals surface area contributed by atoms with Gasteiger partial charge in [-0.1, -0.05) is 0 Å². The highest BCUT2D eigenvalue weighted by atomic mass is 32.1. The van der Waals surface area contributed by atoms with Crippen molar-refractivity contribution in [3.8, 4) is 0 Å². The van der Waals surface area contributed by atoms with E-state index in [1.165, 1.54) is 0 Å². The lowest BCUT2D eigenvalue weighted by molar-refractivity contribution is -0.129. The molecule has 1 N–H and O–H groups in total. The van der Waals surface area contributed by atoms with Crippen LogP contribution >= 0.6 is 11.3 Å². The van der Waals surface area contributed by atoms with Gasteiger partial charge in [0.2, 0.25) is 11.8 Å². The first-order chi connectivity index (χ1) is 9.63. The third-order valence-electron chi connectivity index (χ3n) is 3.82. The molecule has 0 aromatic carbocycles. The van der Waals surface area contributed by atoms with Crippen LogP contribution in [-0.2, 0) is 16.0 Å². The predicted octanol–water partition coefficient (Wildman–Crippen LogP) is 1.12. The molecule has 2 heterocycles. The molecule has 108 valence electrons. The molecule has 2 aliphatic rings. The van der Waals surface area contributed by atoms with Gasteiger partial charge in [0.1, 0.15) is 0 Å². The molecule has 0 spiro atoms. The van der Waals surface area contributed by atoms with Crippen LogP contribution < -0.4 is 5.32 Å². The number of amides is 2. The van der Waals surface area contributed by atoms with Gasteiger partial charge >= 0.3 is 0 Å². The first-order valence-electron chi connectivity index (χ1n) is 7.11. The van der Waals surface area contributed by atoms with Gasteiger partial charge in [-0.2, -0.15) is 0 Å². The Kier molecular flexibility index (Phi) is 3.74. The van der Waals surface area contributed by atoms with Crippen LogP contribution in [-0.4, -0.2) is 40.8 Å². The lowest BCUT2D eigenvalue weighted by Gasteiger charge is -2.15. The van der Waals surface area contributed by atoms with Gasteiger partial charge in [-0.25, -0.2) is 4.98 Å². The Balaban J connectivity index is 1.44. The van der Waals surface area contributed by atoms with E-state index in [4.69, 9.17) is 0 Å². The Hall–Kier alpha value is -1.43. The van der Waals surface area contributed by atoms with Crippen molar-refractivity contribution < 1.29 is 9.59 Å². The molecule has 1 aliphatic heterocycles. The summed E-state index contributed by atoms with van der Waals surface area (Å²) in [6.45, 7) is 3.17. The van der Waals surface area contributed by atoms with Gasteiger partial charge in [-0.05, 0) is 19.8 Å². The van der Waals surface area contributed by atoms with E-state index in [9.17, 15) is 9.59 Å². The fourth-order valence-corrected chi connectivity index (χ4v) is 3.38. The van der Waals surface area contributed by atoms with E-state index >= 15 is 0 Å². The van der Waals surface area contributed by atoms with E-state index in [-0.39, 0.29) is 17.7 Å². The summed E-state index contributed by atoms with van der Waals surface area (Å²) in [5, 5.41) is 5.99. The van der Waals surface area contributed by atoms with E-state index in [0.29, 0.717) is 25.6 Å². The third kappa shape index (κ3) is 3.00. The molecule has 1 aromatic rings. The summed E-state index contributed by atoms with van der Waals surface area (Å²) >= 11 is 1.62. The number of rotatable bonds is 5. The van der Waals surface area contributed by atoms with E-state index in [0.717, 1.165) is 30.0 Å². The van der Waals surface area contributed by atoms with E-state index < -0.39 is 0 Å². The zero-order chi connectivity index (χ0) is 14.1. The molecular weight excluding hydrogens is 274 g/mol. The summed E-state index contributed by atoms with van der Waals surface area (Å²) in [4.78, 5) is 30.1. The molecule has 2 amide bonds. The van der Waals surface area contributed by atoms with Crippen LogP contribution in [0.2, 0.25) is 0 Å². The second kappa shape index (κ2) is 5.52. The van der Waals surface area contributed by atoms with Gasteiger partial charge in [0, 0.05) is 43.0 Å². The molecule has 1 saturated heterocycles. The largest absolute Gasteiger partial charge is 0.355 e. The topological polar surface area (TPSA) is 62.3 Å². The normalized spacial score (nSPS) is 22.4. The Labute approximate surface area is 122 Å². The fraction of sp³-hybridized carbons (Fsp3) is 0.643. The quantitative estimate of drug-likeness (QED) is 0.885. The molecule has 20 heavy (non-hydrogen) atoms. The minimum absolute atomic E-state index is 0.00905. The summed E-state index contributed by atoms with van der Waals surface area (Å²) < 4.78 is 0. The molecule has 0 bridgehead atoms. The van der Waals surface area contributed by atoms with E-state index in [2.05, 4.69) is 10.3 Å². The third-order valence-corrected chi connectivity index (χ3v) is 4.85. The number of hydrogen-bond acceptors (Lipinski definition) is 4. The van der Waals surface area contributed by atoms with Crippen molar-refractivity contribution in [2.75, 3.05) is 13.1 Å². The number of likely N-dealkylation sites (tertiary alicyclic amines) is 1. The average molecular weight is 293 g/mol. The van der Waals surface area contributed by atoms with Crippen LogP contribution in [0, 0.1) is 12.8 Å². The average Bonchev–Trinajstić information content (AvgIpc) is 3.06. The van der Waals surface area contributed by atoms with Crippen LogP contribution in [0.5, 0.6) is 0 Å². The standard InChI is InChI=1S/C14H19N3O2S/c1-9-8-20-12(16-9)4-5-15-14(19)10-6-13(18)17(7-10)11-2-3-11/h8,10-11H,2-7H2,1H3,(H,15,19). The molecule has 1 aromatic heterocycles. The van der Waals surface area contributed by atoms with Crippen LogP contribution in [0.25, 0.3) is 0 Å². The number of aromatic nitrogens is 1. The lowest BCUT2D eigenvalue weighted by atomic mass is 10.1. The van der Waals surface area contributed by atoms with Crippen molar-refractivity contribution in [1.82, 2.24) is 15.2 Å². The van der Waals surface area contributed by atoms with Crippen LogP contribution in [0.3, 0.4) is 0 Å². The molecule has 6 heteroatoms. The molecular formula is C14H19N3O2S. The zero-order valence-corrected chi connectivity index (χ0v) is 12.4. The number of carbonyl (C=O) groups is 2. The number of nitrogens with one attached hydrogen (secondary N) is 1. The monoisotopic (exact) mass is 293 g/mol. The Morgan fingerprint density at radius 2 is 2.35 bits per heavy atom. The number of thiazole rings is 1. The van der Waals surface area contributed by atoms with E-state index in [1.54, 1.807) is 11.3 Å². The summed E-state index contributed by atoms with van der Waals surface area (Å²) in [5.41, 5.74) is 1.03. The molecule has 1 saturated carbocycles. The second-order valence-electron chi connectivity index (χ2n) is 5.60. The van der Waals surface area contributed by atoms with Gasteiger partial charge in [-0.15, -0.1) is 11.3 Å². The highest BCUT2D eigenvalue weighted by molar-refractivity contribution is 7.09. The predicted molar refractivity (Wildman–Crippen MR) is 76.4 cm³/mol. The molecule has 1 aliphatic carbocycles. The highest BCUT2D eigenvalue weighted by Crippen LogP contribution is 2.32. The SMILES string of the molecule is Cc1csc(CCNC(=O)C2CC(=O)N(C3CC3)C2)n1. The van der Waals surface area contributed by atoms with Gasteiger partial charge in [0.25, 0.3) is 0 Å². The van der Waals surface area contributed by atoms with Crippen LogP contribution in [0.4, 0.5) is 0 Å². The van der Waals surface area contributed by atoms with Gasteiger partial charge in [-0.3, -0.25) is 9.59 Å². The van der Waals surface area contributed by atoms with Crippen molar-refractivity contribution >= 4 is 23.2 Å². The zero-order valence-electron chi connectivity index (χ0n) is 11.6. The Morgan fingerprint density at radius 3 is 3.00 bits per heavy atom. The first kappa shape index (κ1) is 13.5. The van der Waals surface area contributed by atoms with Crippen LogP contribution in [0.1, 0.15) is 30.0 Å². The number of aryl methyl sites for hydroxylation is 1. The van der Waals surface area contributed by atoms with Crippen molar-refractivity contribution in [3.63, 3.8) is 0 Å². The van der Waals surface area contributed by atoms with Crippen molar-refractivity contribution in [2.45, 2.75) is 38.6 Å². The van der Waals surface area contributed by atoms with Crippen molar-refractivity contribution in [1.29, 1.82) is 0 Å². The van der Waals surface area contributed by atoms with Gasteiger partial charge in [0.05, 0.1) is 10.9 Å². The van der Waals surface area contributed by atoms with Gasteiger partial charge in [0.15, 0.2) is 0 Å². The maximum atomic E-state index is 12.1. The summed E-state index contributed by atoms with van der Waals surface area (Å²) in [6.07, 6.45) is 3.34. The second-order valence-corrected chi connectivity index (χ2v) is 6.54.